The maximum Gasteiger partial charge on any atom is 0.328 e. The van der Waals surface area contributed by atoms with E-state index in [1.165, 1.54) is 5.69 Å². The molecule has 3 aliphatic heterocycles. The van der Waals surface area contributed by atoms with E-state index in [2.05, 4.69) is 75.7 Å². The van der Waals surface area contributed by atoms with Crippen LogP contribution in [0.3, 0.4) is 0 Å². The zero-order valence-electron chi connectivity index (χ0n) is 34.6. The normalized spacial score (nSPS) is 17.1. The molecule has 0 spiro atoms. The van der Waals surface area contributed by atoms with Crippen molar-refractivity contribution in [2.75, 3.05) is 47.8 Å². The number of nitrogens with one attached hydrogen (secondary N) is 3. The molecular formula is C43H52N12O4. The molecule has 0 aliphatic carbocycles. The van der Waals surface area contributed by atoms with E-state index < -0.39 is 5.91 Å². The number of benzene rings is 2. The van der Waals surface area contributed by atoms with Gasteiger partial charge in [-0.15, -0.1) is 0 Å². The van der Waals surface area contributed by atoms with E-state index in [0.29, 0.717) is 30.5 Å². The monoisotopic (exact) mass is 800 g/mol. The van der Waals surface area contributed by atoms with Crippen molar-refractivity contribution in [1.82, 2.24) is 45.4 Å². The number of amides is 4. The molecule has 308 valence electrons. The Balaban J connectivity index is 0.844. The van der Waals surface area contributed by atoms with Gasteiger partial charge >= 0.3 is 17.8 Å². The van der Waals surface area contributed by atoms with Crippen molar-refractivity contribution in [3.05, 3.63) is 89.0 Å². The lowest BCUT2D eigenvalue weighted by molar-refractivity contribution is -0.120. The third kappa shape index (κ3) is 8.67. The molecule has 8 rings (SSSR count). The van der Waals surface area contributed by atoms with Crippen LogP contribution < -0.4 is 25.8 Å². The number of piperidine rings is 1. The lowest BCUT2D eigenvalue weighted by atomic mass is 9.95. The van der Waals surface area contributed by atoms with Crippen molar-refractivity contribution in [1.29, 1.82) is 0 Å². The fourth-order valence-electron chi connectivity index (χ4n) is 8.15. The largest absolute Gasteiger partial charge is 0.372 e. The first-order valence-corrected chi connectivity index (χ1v) is 20.4. The summed E-state index contributed by atoms with van der Waals surface area (Å²) in [6.45, 7) is 18.0. The van der Waals surface area contributed by atoms with E-state index in [4.69, 9.17) is 9.62 Å². The van der Waals surface area contributed by atoms with Crippen LogP contribution in [0.5, 0.6) is 0 Å². The van der Waals surface area contributed by atoms with E-state index in [0.717, 1.165) is 97.3 Å². The van der Waals surface area contributed by atoms with Crippen LogP contribution in [0.4, 0.5) is 27.8 Å². The molecule has 0 unspecified atom stereocenters. The van der Waals surface area contributed by atoms with Gasteiger partial charge in [0.2, 0.25) is 5.91 Å². The van der Waals surface area contributed by atoms with Gasteiger partial charge in [-0.3, -0.25) is 29.4 Å². The van der Waals surface area contributed by atoms with Gasteiger partial charge in [-0.2, -0.15) is 10.1 Å². The minimum absolute atomic E-state index is 0.0508. The number of hydrogen-bond donors (Lipinski definition) is 3. The molecule has 3 aliphatic rings. The number of nitrogens with zero attached hydrogens (tertiary/aromatic N) is 9. The molecule has 16 nitrogen and oxygen atoms in total. The second-order valence-corrected chi connectivity index (χ2v) is 16.9. The van der Waals surface area contributed by atoms with E-state index in [1.54, 1.807) is 11.2 Å². The number of urea groups is 1. The van der Waals surface area contributed by atoms with Crippen molar-refractivity contribution < 1.29 is 18.9 Å². The summed E-state index contributed by atoms with van der Waals surface area (Å²) in [6, 6.07) is 15.5. The number of carbonyl (C=O) groups is 3. The van der Waals surface area contributed by atoms with Crippen LogP contribution in [0.1, 0.15) is 91.9 Å². The van der Waals surface area contributed by atoms with Crippen LogP contribution in [0.25, 0.3) is 11.3 Å². The summed E-state index contributed by atoms with van der Waals surface area (Å²) < 4.78 is 7.35. The maximum atomic E-state index is 12.9. The van der Waals surface area contributed by atoms with Crippen molar-refractivity contribution in [3.8, 4) is 11.3 Å². The van der Waals surface area contributed by atoms with Crippen molar-refractivity contribution in [2.45, 2.75) is 85.4 Å². The molecule has 5 aromatic rings. The predicted octanol–water partition coefficient (Wildman–Crippen LogP) is 6.05. The fourth-order valence-corrected chi connectivity index (χ4v) is 8.15. The molecule has 0 bridgehead atoms. The first-order valence-electron chi connectivity index (χ1n) is 20.4. The number of hydrogen-bond acceptors (Lipinski definition) is 12. The number of aromatic nitrogens is 6. The third-order valence-corrected chi connectivity index (χ3v) is 11.6. The smallest absolute Gasteiger partial charge is 0.328 e. The van der Waals surface area contributed by atoms with Crippen molar-refractivity contribution >= 4 is 40.9 Å². The van der Waals surface area contributed by atoms with Gasteiger partial charge in [0.1, 0.15) is 12.1 Å². The summed E-state index contributed by atoms with van der Waals surface area (Å²) in [5.41, 5.74) is 7.67. The molecule has 3 aromatic heterocycles. The van der Waals surface area contributed by atoms with Crippen molar-refractivity contribution in [3.63, 3.8) is 0 Å². The second-order valence-electron chi connectivity index (χ2n) is 16.9. The van der Waals surface area contributed by atoms with Gasteiger partial charge in [-0.1, -0.05) is 38.1 Å². The maximum absolute atomic E-state index is 12.9. The van der Waals surface area contributed by atoms with Gasteiger partial charge in [0.05, 0.1) is 24.0 Å². The lowest BCUT2D eigenvalue weighted by Gasteiger charge is -2.37. The van der Waals surface area contributed by atoms with Crippen molar-refractivity contribution in [2.24, 2.45) is 5.92 Å². The predicted molar refractivity (Wildman–Crippen MR) is 223 cm³/mol. The van der Waals surface area contributed by atoms with Crippen LogP contribution in [-0.2, 0) is 23.3 Å². The lowest BCUT2D eigenvalue weighted by Crippen LogP contribution is -2.49. The molecule has 59 heavy (non-hydrogen) atoms. The Morgan fingerprint density at radius 3 is 2.44 bits per heavy atom. The average Bonchev–Trinajstić information content (AvgIpc) is 3.84. The molecule has 2 aromatic carbocycles. The molecule has 16 heteroatoms. The number of fused-ring (bicyclic) bond motifs is 1. The quantitative estimate of drug-likeness (QED) is 0.149. The number of imide groups is 1. The Bertz CT molecular complexity index is 2360. The number of rotatable bonds is 10. The molecule has 1 atom stereocenters. The van der Waals surface area contributed by atoms with Gasteiger partial charge in [-0.05, 0) is 81.0 Å². The second kappa shape index (κ2) is 16.2. The molecule has 3 N–H and O–H groups in total. The van der Waals surface area contributed by atoms with E-state index >= 15 is 0 Å². The molecule has 2 fully saturated rings. The minimum atomic E-state index is -0.412. The average molecular weight is 801 g/mol. The van der Waals surface area contributed by atoms with Crippen LogP contribution >= 0.6 is 0 Å². The number of carbonyl (C=O) groups excluding carboxylic acids is 3. The van der Waals surface area contributed by atoms with E-state index in [1.807, 2.05) is 65.0 Å². The highest BCUT2D eigenvalue weighted by Crippen LogP contribution is 2.31. The Morgan fingerprint density at radius 2 is 1.73 bits per heavy atom. The van der Waals surface area contributed by atoms with Gasteiger partial charge in [-0.25, -0.2) is 14.8 Å². The highest BCUT2D eigenvalue weighted by molar-refractivity contribution is 6.05. The summed E-state index contributed by atoms with van der Waals surface area (Å²) in [5.74, 6) is 1.87. The van der Waals surface area contributed by atoms with E-state index in [9.17, 15) is 14.4 Å². The summed E-state index contributed by atoms with van der Waals surface area (Å²) in [6.07, 6.45) is 4.12. The van der Waals surface area contributed by atoms with Crippen LogP contribution in [0, 0.1) is 19.8 Å². The summed E-state index contributed by atoms with van der Waals surface area (Å²) in [4.78, 5) is 56.7. The van der Waals surface area contributed by atoms with Crippen LogP contribution in [0.15, 0.2) is 59.4 Å². The molecule has 2 saturated heterocycles. The molecule has 0 radical (unpaired) electrons. The number of aryl methyl sites for hydroxylation is 1. The first kappa shape index (κ1) is 39.7. The minimum Gasteiger partial charge on any atom is -0.372 e. The topological polar surface area (TPSA) is 180 Å². The Labute approximate surface area is 343 Å². The zero-order valence-corrected chi connectivity index (χ0v) is 34.6. The van der Waals surface area contributed by atoms with E-state index in [-0.39, 0.29) is 29.3 Å². The van der Waals surface area contributed by atoms with Crippen LogP contribution in [-0.4, -0.2) is 85.4 Å². The van der Waals surface area contributed by atoms with Gasteiger partial charge in [0.15, 0.2) is 11.6 Å². The number of anilines is 4. The highest BCUT2D eigenvalue weighted by atomic mass is 16.5. The SMILES string of the molecule is Cc1cc(-c2cc(Nc3nn4c(c3C)CN(CC3CCN(c5ccc(N6CCC(=O)NC6=O)cc5)CC3)CC4)ncn2)ccc1[C@@H](C)NC(=O)c1nc(C(C)(C)C)no1. The van der Waals surface area contributed by atoms with Crippen LogP contribution in [0.2, 0.25) is 0 Å². The Kier molecular flexibility index (Phi) is 10.9. The summed E-state index contributed by atoms with van der Waals surface area (Å²) in [7, 11) is 0. The third-order valence-electron chi connectivity index (χ3n) is 11.6. The summed E-state index contributed by atoms with van der Waals surface area (Å²) >= 11 is 0. The van der Waals surface area contributed by atoms with Gasteiger partial charge < -0.3 is 20.1 Å². The Hall–Kier alpha value is -6.16. The van der Waals surface area contributed by atoms with Gasteiger partial charge in [0.25, 0.3) is 0 Å². The molecule has 4 amide bonds. The van der Waals surface area contributed by atoms with Gasteiger partial charge in [0, 0.05) is 79.7 Å². The fraction of sp³-hybridized carbons (Fsp3) is 0.442. The summed E-state index contributed by atoms with van der Waals surface area (Å²) in [5, 5.41) is 17.7. The first-order chi connectivity index (χ1) is 28.3. The standard InChI is InChI=1S/C43H52N12O4/c1-26-21-30(7-12-33(26)28(3)46-39(57)40-49-41(51-59-40)43(4,5)6)34-22-36(45-25-44-34)47-38-27(2)35-24-52(19-20-55(35)50-38)23-29-13-16-53(17-14-29)31-8-10-32(11-9-31)54-18-15-37(56)48-42(54)58/h7-12,21-22,25,28-29H,13-20,23-24H2,1-6H3,(H,46,57)(H,48,56,58)(H,44,45,47,50)/t28-/m1/s1. The molecule has 0 saturated carbocycles. The molecule has 6 heterocycles. The Morgan fingerprint density at radius 1 is 0.966 bits per heavy atom. The zero-order chi connectivity index (χ0) is 41.4. The highest BCUT2D eigenvalue weighted by Gasteiger charge is 2.29. The molecular weight excluding hydrogens is 749 g/mol.